The molecule has 1 amide bonds. The molecule has 4 rings (SSSR count). The Labute approximate surface area is 150 Å². The maximum absolute atomic E-state index is 12.5. The minimum Gasteiger partial charge on any atom is -0.497 e. The van der Waals surface area contributed by atoms with Gasteiger partial charge in [0.15, 0.2) is 6.61 Å². The molecule has 0 aliphatic carbocycles. The largest absolute Gasteiger partial charge is 0.497 e. The number of carbonyl (C=O) groups is 1. The van der Waals surface area contributed by atoms with Gasteiger partial charge in [0.05, 0.1) is 25.5 Å². The van der Waals surface area contributed by atoms with E-state index in [9.17, 15) is 4.79 Å². The highest BCUT2D eigenvalue weighted by Gasteiger charge is 2.23. The maximum atomic E-state index is 12.5. The molecule has 0 bridgehead atoms. The SMILES string of the molecule is COc1cccc(CN2Cc3nc(-c4cn[nH]c4)ccc3OCC2=O)c1. The van der Waals surface area contributed by atoms with E-state index in [-0.39, 0.29) is 12.5 Å². The van der Waals surface area contributed by atoms with Crippen molar-refractivity contribution in [3.8, 4) is 22.8 Å². The summed E-state index contributed by atoms with van der Waals surface area (Å²) < 4.78 is 10.9. The second kappa shape index (κ2) is 6.87. The van der Waals surface area contributed by atoms with Crippen molar-refractivity contribution in [1.29, 1.82) is 0 Å². The summed E-state index contributed by atoms with van der Waals surface area (Å²) in [6, 6.07) is 11.4. The van der Waals surface area contributed by atoms with Crippen molar-refractivity contribution in [3.63, 3.8) is 0 Å². The Morgan fingerprint density at radius 2 is 2.23 bits per heavy atom. The molecule has 0 atom stereocenters. The monoisotopic (exact) mass is 350 g/mol. The summed E-state index contributed by atoms with van der Waals surface area (Å²) in [7, 11) is 1.63. The molecular weight excluding hydrogens is 332 g/mol. The summed E-state index contributed by atoms with van der Waals surface area (Å²) in [5.74, 6) is 1.33. The number of nitrogens with one attached hydrogen (secondary N) is 1. The number of methoxy groups -OCH3 is 1. The minimum absolute atomic E-state index is 0.00368. The average Bonchev–Trinajstić information content (AvgIpc) is 3.16. The van der Waals surface area contributed by atoms with Crippen LogP contribution in [-0.2, 0) is 17.9 Å². The Morgan fingerprint density at radius 3 is 3.04 bits per heavy atom. The van der Waals surface area contributed by atoms with Crippen molar-refractivity contribution in [1.82, 2.24) is 20.1 Å². The zero-order valence-corrected chi connectivity index (χ0v) is 14.3. The normalized spacial score (nSPS) is 13.7. The molecule has 132 valence electrons. The van der Waals surface area contributed by atoms with E-state index in [1.54, 1.807) is 24.4 Å². The summed E-state index contributed by atoms with van der Waals surface area (Å²) in [6.07, 6.45) is 3.50. The van der Waals surface area contributed by atoms with Gasteiger partial charge in [-0.05, 0) is 29.8 Å². The lowest BCUT2D eigenvalue weighted by Crippen LogP contribution is -2.32. The third-order valence-electron chi connectivity index (χ3n) is 4.28. The van der Waals surface area contributed by atoms with Crippen LogP contribution in [-0.4, -0.2) is 39.7 Å². The standard InChI is InChI=1S/C19H18N4O3/c1-25-15-4-2-3-13(7-15)10-23-11-17-18(26-12-19(23)24)6-5-16(22-17)14-8-20-21-9-14/h2-9H,10-12H2,1H3,(H,20,21). The van der Waals surface area contributed by atoms with Crippen LogP contribution in [0, 0.1) is 0 Å². The van der Waals surface area contributed by atoms with Gasteiger partial charge in [0.2, 0.25) is 0 Å². The molecule has 0 saturated carbocycles. The topological polar surface area (TPSA) is 80.3 Å². The summed E-state index contributed by atoms with van der Waals surface area (Å²) in [5.41, 5.74) is 3.41. The van der Waals surface area contributed by atoms with Crippen molar-refractivity contribution in [2.45, 2.75) is 13.1 Å². The second-order valence-corrected chi connectivity index (χ2v) is 6.02. The first-order valence-corrected chi connectivity index (χ1v) is 8.25. The molecule has 7 nitrogen and oxygen atoms in total. The van der Waals surface area contributed by atoms with Crippen LogP contribution in [0.4, 0.5) is 0 Å². The Balaban J connectivity index is 1.61. The van der Waals surface area contributed by atoms with E-state index in [2.05, 4.69) is 15.2 Å². The minimum atomic E-state index is -0.0734. The molecule has 1 aliphatic rings. The lowest BCUT2D eigenvalue weighted by Gasteiger charge is -2.20. The Bertz CT molecular complexity index is 924. The average molecular weight is 350 g/mol. The van der Waals surface area contributed by atoms with Gasteiger partial charge in [0.25, 0.3) is 5.91 Å². The van der Waals surface area contributed by atoms with Crippen molar-refractivity contribution in [2.75, 3.05) is 13.7 Å². The van der Waals surface area contributed by atoms with Gasteiger partial charge < -0.3 is 14.4 Å². The molecule has 0 saturated heterocycles. The molecule has 7 heteroatoms. The number of hydrogen-bond acceptors (Lipinski definition) is 5. The molecule has 0 radical (unpaired) electrons. The lowest BCUT2D eigenvalue weighted by molar-refractivity contribution is -0.133. The van der Waals surface area contributed by atoms with E-state index in [0.29, 0.717) is 18.8 Å². The van der Waals surface area contributed by atoms with Crippen molar-refractivity contribution < 1.29 is 14.3 Å². The van der Waals surface area contributed by atoms with Crippen molar-refractivity contribution in [2.24, 2.45) is 0 Å². The Morgan fingerprint density at radius 1 is 1.31 bits per heavy atom. The molecular formula is C19H18N4O3. The number of amides is 1. The van der Waals surface area contributed by atoms with Crippen LogP contribution in [0.5, 0.6) is 11.5 Å². The number of ether oxygens (including phenoxy) is 2. The van der Waals surface area contributed by atoms with Gasteiger partial charge >= 0.3 is 0 Å². The highest BCUT2D eigenvalue weighted by atomic mass is 16.5. The number of H-pyrrole nitrogens is 1. The summed E-state index contributed by atoms with van der Waals surface area (Å²) >= 11 is 0. The number of carbonyl (C=O) groups excluding carboxylic acids is 1. The zero-order valence-electron chi connectivity index (χ0n) is 14.3. The molecule has 0 spiro atoms. The number of rotatable bonds is 4. The van der Waals surface area contributed by atoms with E-state index in [1.165, 1.54) is 0 Å². The van der Waals surface area contributed by atoms with E-state index in [0.717, 1.165) is 28.3 Å². The smallest absolute Gasteiger partial charge is 0.261 e. The molecule has 2 aromatic heterocycles. The van der Waals surface area contributed by atoms with Crippen LogP contribution in [0.1, 0.15) is 11.3 Å². The quantitative estimate of drug-likeness (QED) is 0.781. The first kappa shape index (κ1) is 16.1. The van der Waals surface area contributed by atoms with E-state index in [4.69, 9.17) is 9.47 Å². The molecule has 26 heavy (non-hydrogen) atoms. The van der Waals surface area contributed by atoms with Crippen LogP contribution in [0.15, 0.2) is 48.8 Å². The summed E-state index contributed by atoms with van der Waals surface area (Å²) in [6.45, 7) is 0.858. The Kier molecular flexibility index (Phi) is 4.27. The summed E-state index contributed by atoms with van der Waals surface area (Å²) in [5, 5.41) is 6.74. The van der Waals surface area contributed by atoms with Crippen LogP contribution in [0.3, 0.4) is 0 Å². The molecule has 0 unspecified atom stereocenters. The van der Waals surface area contributed by atoms with Crippen LogP contribution in [0.25, 0.3) is 11.3 Å². The number of benzene rings is 1. The summed E-state index contributed by atoms with van der Waals surface area (Å²) in [4.78, 5) is 18.9. The molecule has 0 fully saturated rings. The van der Waals surface area contributed by atoms with E-state index in [1.807, 2.05) is 36.4 Å². The number of fused-ring (bicyclic) bond motifs is 1. The number of nitrogens with zero attached hydrogens (tertiary/aromatic N) is 3. The molecule has 3 aromatic rings. The number of aromatic nitrogens is 3. The van der Waals surface area contributed by atoms with E-state index >= 15 is 0 Å². The lowest BCUT2D eigenvalue weighted by atomic mass is 10.1. The van der Waals surface area contributed by atoms with Crippen molar-refractivity contribution >= 4 is 5.91 Å². The van der Waals surface area contributed by atoms with Gasteiger partial charge in [-0.3, -0.25) is 9.89 Å². The molecule has 3 heterocycles. The number of hydrogen-bond donors (Lipinski definition) is 1. The highest BCUT2D eigenvalue weighted by molar-refractivity contribution is 5.78. The van der Waals surface area contributed by atoms with Gasteiger partial charge in [-0.15, -0.1) is 0 Å². The van der Waals surface area contributed by atoms with Crippen LogP contribution >= 0.6 is 0 Å². The fourth-order valence-electron chi connectivity index (χ4n) is 2.92. The van der Waals surface area contributed by atoms with Crippen LogP contribution < -0.4 is 9.47 Å². The molecule has 1 aromatic carbocycles. The Hall–Kier alpha value is -3.35. The first-order valence-electron chi connectivity index (χ1n) is 8.25. The highest BCUT2D eigenvalue weighted by Crippen LogP contribution is 2.27. The number of pyridine rings is 1. The van der Waals surface area contributed by atoms with Gasteiger partial charge in [-0.1, -0.05) is 12.1 Å². The molecule has 1 N–H and O–H groups in total. The predicted octanol–water partition coefficient (Wildman–Crippen LogP) is 2.40. The van der Waals surface area contributed by atoms with Gasteiger partial charge in [0.1, 0.15) is 17.2 Å². The van der Waals surface area contributed by atoms with Gasteiger partial charge in [-0.2, -0.15) is 5.10 Å². The van der Waals surface area contributed by atoms with E-state index < -0.39 is 0 Å². The van der Waals surface area contributed by atoms with Gasteiger partial charge in [-0.25, -0.2) is 4.98 Å². The number of aromatic amines is 1. The predicted molar refractivity (Wildman–Crippen MR) is 94.6 cm³/mol. The fraction of sp³-hybridized carbons (Fsp3) is 0.211. The first-order chi connectivity index (χ1) is 12.7. The third-order valence-corrected chi connectivity index (χ3v) is 4.28. The third kappa shape index (κ3) is 3.23. The second-order valence-electron chi connectivity index (χ2n) is 6.02. The van der Waals surface area contributed by atoms with Crippen molar-refractivity contribution in [3.05, 3.63) is 60.0 Å². The zero-order chi connectivity index (χ0) is 17.9. The van der Waals surface area contributed by atoms with Gasteiger partial charge in [0, 0.05) is 18.3 Å². The fourth-order valence-corrected chi connectivity index (χ4v) is 2.92. The molecule has 1 aliphatic heterocycles. The van der Waals surface area contributed by atoms with Crippen LogP contribution in [0.2, 0.25) is 0 Å². The maximum Gasteiger partial charge on any atom is 0.261 e.